The Morgan fingerprint density at radius 2 is 1.02 bits per heavy atom. The van der Waals surface area contributed by atoms with E-state index in [0.717, 1.165) is 31.4 Å². The predicted molar refractivity (Wildman–Crippen MR) is 217 cm³/mol. The SMILES string of the molecule is CCOC(OCC)[SiH2]CCCOC(=O)OCCC[SiH2]C(OCC)OCC.CCO[Si](CCCNC(N)=O)(OCC)OCC.CO[Si](CCC(F)(F)F)(OC)OC. The van der Waals surface area contributed by atoms with Crippen LogP contribution in [0.5, 0.6) is 0 Å². The number of nitrogens with two attached hydrogens (primary N) is 1. The Hall–Kier alpha value is -1.20. The fraction of sp³-hybridized carbons (Fsp3) is 0.939. The average molecular weight is 893 g/mol. The monoisotopic (exact) mass is 892 g/mol. The number of amides is 2. The van der Waals surface area contributed by atoms with Gasteiger partial charge in [-0.3, -0.25) is 0 Å². The molecule has 0 radical (unpaired) electrons. The number of halogens is 3. The first-order valence-electron chi connectivity index (χ1n) is 19.6. The fourth-order valence-corrected chi connectivity index (χ4v) is 12.3. The second kappa shape index (κ2) is 39.3. The van der Waals surface area contributed by atoms with Crippen molar-refractivity contribution in [3.8, 4) is 0 Å². The van der Waals surface area contributed by atoms with Gasteiger partial charge in [0.25, 0.3) is 0 Å². The lowest BCUT2D eigenvalue weighted by molar-refractivity contribution is -0.132. The number of alkyl halides is 3. The van der Waals surface area contributed by atoms with Crippen molar-refractivity contribution >= 4 is 48.8 Å². The van der Waals surface area contributed by atoms with E-state index in [0.29, 0.717) is 72.1 Å². The highest BCUT2D eigenvalue weighted by Crippen LogP contribution is 2.27. The Morgan fingerprint density at radius 1 is 0.625 bits per heavy atom. The summed E-state index contributed by atoms with van der Waals surface area (Å²) in [5, 5.41) is 2.54. The molecular weight excluding hydrogens is 818 g/mol. The maximum Gasteiger partial charge on any atom is 0.508 e. The lowest BCUT2D eigenvalue weighted by atomic mass is 10.5. The van der Waals surface area contributed by atoms with Crippen LogP contribution in [0.3, 0.4) is 0 Å². The van der Waals surface area contributed by atoms with Gasteiger partial charge in [-0.2, -0.15) is 13.2 Å². The van der Waals surface area contributed by atoms with Crippen LogP contribution in [-0.4, -0.2) is 154 Å². The van der Waals surface area contributed by atoms with Gasteiger partial charge in [0.2, 0.25) is 0 Å². The number of carbonyl (C=O) groups excluding carboxylic acids is 2. The van der Waals surface area contributed by atoms with Crippen molar-refractivity contribution in [3.63, 3.8) is 0 Å². The molecule has 23 heteroatoms. The molecule has 0 aliphatic carbocycles. The molecule has 0 fully saturated rings. The minimum absolute atomic E-state index is 0.0293. The molecule has 0 rings (SSSR count). The van der Waals surface area contributed by atoms with Gasteiger partial charge in [-0.25, -0.2) is 9.59 Å². The smallest absolute Gasteiger partial charge is 0.434 e. The summed E-state index contributed by atoms with van der Waals surface area (Å²) in [5.41, 5.74) is 4.99. The molecule has 56 heavy (non-hydrogen) atoms. The van der Waals surface area contributed by atoms with Crippen LogP contribution in [0.1, 0.15) is 74.1 Å². The topological polar surface area (TPSA) is 183 Å². The van der Waals surface area contributed by atoms with Crippen molar-refractivity contribution in [1.82, 2.24) is 5.32 Å². The van der Waals surface area contributed by atoms with E-state index in [9.17, 15) is 22.8 Å². The van der Waals surface area contributed by atoms with Gasteiger partial charge in [0, 0.05) is 92.6 Å². The predicted octanol–water partition coefficient (Wildman–Crippen LogP) is 4.72. The highest BCUT2D eigenvalue weighted by atomic mass is 28.4. The van der Waals surface area contributed by atoms with Crippen molar-refractivity contribution in [3.05, 3.63) is 0 Å². The van der Waals surface area contributed by atoms with Gasteiger partial charge in [0.05, 0.1) is 32.3 Å². The third kappa shape index (κ3) is 35.9. The third-order valence-electron chi connectivity index (χ3n) is 7.22. The van der Waals surface area contributed by atoms with Gasteiger partial charge in [-0.1, -0.05) is 12.1 Å². The van der Waals surface area contributed by atoms with Crippen LogP contribution < -0.4 is 11.1 Å². The second-order valence-electron chi connectivity index (χ2n) is 11.4. The number of rotatable bonds is 33. The van der Waals surface area contributed by atoms with Crippen LogP contribution in [-0.2, 0) is 55.0 Å². The molecule has 0 saturated heterocycles. The average Bonchev–Trinajstić information content (AvgIpc) is 3.15. The highest BCUT2D eigenvalue weighted by Gasteiger charge is 2.42. The zero-order chi connectivity index (χ0) is 43.1. The fourth-order valence-electron chi connectivity index (χ4n) is 4.72. The number of hydrogen-bond donors (Lipinski definition) is 2. The molecule has 0 heterocycles. The summed E-state index contributed by atoms with van der Waals surface area (Å²) in [5.74, 6) is -0.0587. The molecule has 0 aliphatic heterocycles. The summed E-state index contributed by atoms with van der Waals surface area (Å²) in [6.07, 6.45) is -3.34. The summed E-state index contributed by atoms with van der Waals surface area (Å²) >= 11 is 0. The Bertz CT molecular complexity index is 843. The Kier molecular flexibility index (Phi) is 41.5. The van der Waals surface area contributed by atoms with E-state index in [4.69, 9.17) is 60.7 Å². The number of ether oxygens (including phenoxy) is 6. The van der Waals surface area contributed by atoms with Crippen molar-refractivity contribution in [2.45, 2.75) is 116 Å². The van der Waals surface area contributed by atoms with Gasteiger partial charge in [-0.05, 0) is 67.7 Å². The summed E-state index contributed by atoms with van der Waals surface area (Å²) in [6.45, 7) is 19.3. The summed E-state index contributed by atoms with van der Waals surface area (Å²) in [7, 11) is -2.70. The minimum atomic E-state index is -4.20. The van der Waals surface area contributed by atoms with E-state index < -0.39 is 61.4 Å². The third-order valence-corrected chi connectivity index (χ3v) is 16.8. The zero-order valence-corrected chi connectivity index (χ0v) is 40.6. The van der Waals surface area contributed by atoms with E-state index in [1.165, 1.54) is 21.3 Å². The minimum Gasteiger partial charge on any atom is -0.434 e. The molecular formula is C33H75F3N2O14Si4. The summed E-state index contributed by atoms with van der Waals surface area (Å²) in [6, 6.07) is 1.95. The van der Waals surface area contributed by atoms with Crippen LogP contribution in [0.4, 0.5) is 22.8 Å². The van der Waals surface area contributed by atoms with E-state index in [1.807, 2.05) is 48.5 Å². The van der Waals surface area contributed by atoms with Crippen LogP contribution in [0.15, 0.2) is 0 Å². The number of carbonyl (C=O) groups is 2. The number of hydrogen-bond acceptors (Lipinski definition) is 14. The molecule has 3 N–H and O–H groups in total. The number of nitrogens with one attached hydrogen (secondary N) is 1. The molecule has 0 aromatic rings. The number of primary amides is 1. The van der Waals surface area contributed by atoms with Gasteiger partial charge in [-0.15, -0.1) is 0 Å². The Labute approximate surface area is 340 Å². The van der Waals surface area contributed by atoms with Crippen molar-refractivity contribution in [2.75, 3.05) is 87.3 Å². The lowest BCUT2D eigenvalue weighted by Crippen LogP contribution is -2.46. The van der Waals surface area contributed by atoms with Crippen LogP contribution in [0.25, 0.3) is 0 Å². The molecule has 0 aliphatic rings. The van der Waals surface area contributed by atoms with Gasteiger partial charge >= 0.3 is 36.0 Å². The van der Waals surface area contributed by atoms with Crippen LogP contribution in [0.2, 0.25) is 24.2 Å². The molecule has 2 amide bonds. The summed E-state index contributed by atoms with van der Waals surface area (Å²) in [4.78, 5) is 22.1. The Morgan fingerprint density at radius 3 is 1.32 bits per heavy atom. The quantitative estimate of drug-likeness (QED) is 0.0400. The molecule has 338 valence electrons. The van der Waals surface area contributed by atoms with Crippen molar-refractivity contribution in [2.24, 2.45) is 5.73 Å². The first-order valence-corrected chi connectivity index (χ1v) is 27.1. The van der Waals surface area contributed by atoms with E-state index in [-0.39, 0.29) is 17.9 Å². The van der Waals surface area contributed by atoms with Crippen LogP contribution >= 0.6 is 0 Å². The molecule has 0 spiro atoms. The van der Waals surface area contributed by atoms with E-state index >= 15 is 0 Å². The molecule has 0 aromatic heterocycles. The van der Waals surface area contributed by atoms with Gasteiger partial charge in [0.15, 0.2) is 0 Å². The molecule has 0 saturated carbocycles. The van der Waals surface area contributed by atoms with E-state index in [2.05, 4.69) is 5.32 Å². The lowest BCUT2D eigenvalue weighted by Gasteiger charge is -2.28. The maximum absolute atomic E-state index is 11.9. The van der Waals surface area contributed by atoms with Crippen molar-refractivity contribution in [1.29, 1.82) is 0 Å². The maximum atomic E-state index is 11.9. The van der Waals surface area contributed by atoms with E-state index in [1.54, 1.807) is 0 Å². The molecule has 0 atom stereocenters. The summed E-state index contributed by atoms with van der Waals surface area (Å²) < 4.78 is 99.3. The zero-order valence-electron chi connectivity index (χ0n) is 35.7. The highest BCUT2D eigenvalue weighted by molar-refractivity contribution is 6.61. The standard InChI is InChI=1S/C17H38O7Si2.C10H24N2O4Si.C6H13F3O3Si/c1-5-19-16(20-6-2)25-13-9-11-23-15(18)24-12-10-14-26-17(21-7-3)22-8-4;1-4-14-17(15-5-2,16-6-3)9-7-8-12-10(11)13;1-10-13(11-2,12-3)5-4-6(7,8)9/h16-17H,5-14,25-26H2,1-4H3;4-9H2,1-3H3,(H3,11,12,13);4-5H2,1-3H3. The molecule has 16 nitrogen and oxygen atoms in total. The molecule has 0 aromatic carbocycles. The first-order chi connectivity index (χ1) is 26.7. The van der Waals surface area contributed by atoms with Gasteiger partial charge in [0.1, 0.15) is 11.8 Å². The van der Waals surface area contributed by atoms with Crippen molar-refractivity contribution < 1.29 is 77.7 Å². The second-order valence-corrected chi connectivity index (χ2v) is 21.1. The Balaban J connectivity index is -0.000000807. The molecule has 0 bridgehead atoms. The first kappa shape index (κ1) is 59.1. The van der Waals surface area contributed by atoms with Gasteiger partial charge < -0.3 is 66.0 Å². The molecule has 0 unspecified atom stereocenters. The largest absolute Gasteiger partial charge is 0.508 e. The normalized spacial score (nSPS) is 12.3. The number of urea groups is 1. The van der Waals surface area contributed by atoms with Crippen LogP contribution in [0, 0.1) is 0 Å².